The fourth-order valence-corrected chi connectivity index (χ4v) is 3.44. The lowest BCUT2D eigenvalue weighted by Crippen LogP contribution is -2.49. The number of fused-ring (bicyclic) bond motifs is 1. The first-order valence-corrected chi connectivity index (χ1v) is 9.34. The smallest absolute Gasteiger partial charge is 0.241 e. The number of ether oxygens (including phenoxy) is 2. The number of hydrogen-bond acceptors (Lipinski definition) is 6. The molecule has 0 aromatic heterocycles. The monoisotopic (exact) mass is 378 g/mol. The number of benzene rings is 2. The van der Waals surface area contributed by atoms with Crippen molar-refractivity contribution in [2.24, 2.45) is 0 Å². The van der Waals surface area contributed by atoms with Crippen molar-refractivity contribution in [1.29, 1.82) is 5.26 Å². The number of hydrogen-bond donors (Lipinski definition) is 1. The number of amides is 1. The Morgan fingerprint density at radius 3 is 2.71 bits per heavy atom. The average molecular weight is 378 g/mol. The molecule has 144 valence electrons. The molecule has 0 radical (unpaired) electrons. The number of carbonyl (C=O) groups is 1. The van der Waals surface area contributed by atoms with Crippen molar-refractivity contribution in [2.45, 2.75) is 6.54 Å². The molecule has 4 rings (SSSR count). The molecule has 2 aliphatic rings. The van der Waals surface area contributed by atoms with Crippen molar-refractivity contribution in [3.05, 3.63) is 53.6 Å². The molecule has 1 amide bonds. The van der Waals surface area contributed by atoms with Crippen molar-refractivity contribution in [2.75, 3.05) is 44.8 Å². The Morgan fingerprint density at radius 2 is 1.89 bits per heavy atom. The molecule has 7 heteroatoms. The predicted molar refractivity (Wildman–Crippen MR) is 104 cm³/mol. The van der Waals surface area contributed by atoms with E-state index in [0.717, 1.165) is 36.8 Å². The van der Waals surface area contributed by atoms with Crippen LogP contribution in [-0.2, 0) is 11.3 Å². The molecule has 0 aliphatic carbocycles. The van der Waals surface area contributed by atoms with E-state index < -0.39 is 0 Å². The lowest BCUT2D eigenvalue weighted by Gasteiger charge is -2.35. The molecule has 1 fully saturated rings. The van der Waals surface area contributed by atoms with E-state index in [0.29, 0.717) is 18.7 Å². The lowest BCUT2D eigenvalue weighted by molar-refractivity contribution is -0.131. The molecule has 0 unspecified atom stereocenters. The second kappa shape index (κ2) is 8.19. The minimum atomic E-state index is 0.0742. The minimum absolute atomic E-state index is 0.0742. The zero-order valence-electron chi connectivity index (χ0n) is 15.6. The summed E-state index contributed by atoms with van der Waals surface area (Å²) in [4.78, 5) is 16.7. The number of nitrogens with zero attached hydrogens (tertiary/aromatic N) is 3. The Morgan fingerprint density at radius 1 is 1.07 bits per heavy atom. The van der Waals surface area contributed by atoms with E-state index in [1.54, 1.807) is 18.2 Å². The fourth-order valence-electron chi connectivity index (χ4n) is 3.44. The summed E-state index contributed by atoms with van der Waals surface area (Å²) < 4.78 is 10.8. The molecule has 28 heavy (non-hydrogen) atoms. The van der Waals surface area contributed by atoms with Crippen molar-refractivity contribution < 1.29 is 14.3 Å². The summed E-state index contributed by atoms with van der Waals surface area (Å²) in [6, 6.07) is 15.3. The third-order valence-electron chi connectivity index (χ3n) is 5.00. The van der Waals surface area contributed by atoms with E-state index in [1.807, 2.05) is 23.1 Å². The number of piperazine rings is 1. The van der Waals surface area contributed by atoms with Gasteiger partial charge >= 0.3 is 0 Å². The van der Waals surface area contributed by atoms with Gasteiger partial charge in [0.1, 0.15) is 0 Å². The Kier molecular flexibility index (Phi) is 5.31. The highest BCUT2D eigenvalue weighted by Gasteiger charge is 2.21. The summed E-state index contributed by atoms with van der Waals surface area (Å²) in [6.45, 7) is 4.45. The molecular weight excluding hydrogens is 356 g/mol. The third-order valence-corrected chi connectivity index (χ3v) is 5.00. The number of nitriles is 1. The van der Waals surface area contributed by atoms with Gasteiger partial charge in [-0.2, -0.15) is 5.26 Å². The molecule has 0 bridgehead atoms. The predicted octanol–water partition coefficient (Wildman–Crippen LogP) is 2.04. The van der Waals surface area contributed by atoms with Gasteiger partial charge in [-0.25, -0.2) is 0 Å². The van der Waals surface area contributed by atoms with E-state index in [-0.39, 0.29) is 19.2 Å². The second-order valence-electron chi connectivity index (χ2n) is 6.89. The summed E-state index contributed by atoms with van der Waals surface area (Å²) >= 11 is 0. The summed E-state index contributed by atoms with van der Waals surface area (Å²) in [7, 11) is 0. The maximum absolute atomic E-state index is 12.5. The molecule has 1 saturated heterocycles. The summed E-state index contributed by atoms with van der Waals surface area (Å²) in [5.74, 6) is 1.68. The van der Waals surface area contributed by atoms with Crippen LogP contribution >= 0.6 is 0 Å². The van der Waals surface area contributed by atoms with Crippen LogP contribution in [0.1, 0.15) is 11.1 Å². The van der Waals surface area contributed by atoms with Gasteiger partial charge in [-0.05, 0) is 35.9 Å². The van der Waals surface area contributed by atoms with Crippen LogP contribution in [-0.4, -0.2) is 55.2 Å². The van der Waals surface area contributed by atoms with Gasteiger partial charge in [-0.3, -0.25) is 9.69 Å². The summed E-state index contributed by atoms with van der Waals surface area (Å²) in [5, 5.41) is 12.1. The Hall–Kier alpha value is -3.24. The first-order valence-electron chi connectivity index (χ1n) is 9.34. The number of rotatable bonds is 5. The molecule has 2 aromatic rings. The van der Waals surface area contributed by atoms with Crippen LogP contribution in [0.5, 0.6) is 11.5 Å². The Labute approximate surface area is 164 Å². The maximum Gasteiger partial charge on any atom is 0.241 e. The molecule has 7 nitrogen and oxygen atoms in total. The SMILES string of the molecule is N#Cc1cccc(NCC(=O)N2CCN(Cc3ccc4c(c3)OCO4)CC2)c1. The van der Waals surface area contributed by atoms with Crippen LogP contribution in [0, 0.1) is 11.3 Å². The van der Waals surface area contributed by atoms with Crippen molar-refractivity contribution in [3.63, 3.8) is 0 Å². The van der Waals surface area contributed by atoms with Crippen LogP contribution in [0.15, 0.2) is 42.5 Å². The quantitative estimate of drug-likeness (QED) is 0.858. The fraction of sp³-hybridized carbons (Fsp3) is 0.333. The first-order chi connectivity index (χ1) is 13.7. The molecule has 2 aromatic carbocycles. The molecule has 0 atom stereocenters. The maximum atomic E-state index is 12.5. The largest absolute Gasteiger partial charge is 0.454 e. The van der Waals surface area contributed by atoms with E-state index in [9.17, 15) is 4.79 Å². The first kappa shape index (κ1) is 18.1. The van der Waals surface area contributed by atoms with E-state index >= 15 is 0 Å². The zero-order chi connectivity index (χ0) is 19.3. The summed E-state index contributed by atoms with van der Waals surface area (Å²) in [5.41, 5.74) is 2.55. The highest BCUT2D eigenvalue weighted by atomic mass is 16.7. The normalized spacial score (nSPS) is 15.9. The van der Waals surface area contributed by atoms with E-state index in [2.05, 4.69) is 22.4 Å². The standard InChI is InChI=1S/C21H22N4O3/c22-12-16-2-1-3-18(10-16)23-13-21(26)25-8-6-24(7-9-25)14-17-4-5-19-20(11-17)28-15-27-19/h1-5,10-11,23H,6-9,13-15H2. The molecule has 2 aliphatic heterocycles. The lowest BCUT2D eigenvalue weighted by atomic mass is 10.1. The van der Waals surface area contributed by atoms with Gasteiger partial charge in [0.05, 0.1) is 18.2 Å². The molecule has 0 saturated carbocycles. The van der Waals surface area contributed by atoms with Gasteiger partial charge in [0.15, 0.2) is 11.5 Å². The van der Waals surface area contributed by atoms with Gasteiger partial charge in [0.2, 0.25) is 12.7 Å². The van der Waals surface area contributed by atoms with E-state index in [4.69, 9.17) is 14.7 Å². The molecule has 0 spiro atoms. The highest BCUT2D eigenvalue weighted by Crippen LogP contribution is 2.32. The van der Waals surface area contributed by atoms with Gasteiger partial charge < -0.3 is 19.7 Å². The minimum Gasteiger partial charge on any atom is -0.454 e. The summed E-state index contributed by atoms with van der Waals surface area (Å²) in [6.07, 6.45) is 0. The molecule has 1 N–H and O–H groups in total. The van der Waals surface area contributed by atoms with Crippen LogP contribution in [0.3, 0.4) is 0 Å². The van der Waals surface area contributed by atoms with Crippen LogP contribution in [0.2, 0.25) is 0 Å². The van der Waals surface area contributed by atoms with Gasteiger partial charge in [0, 0.05) is 38.4 Å². The Bertz CT molecular complexity index is 901. The molecular formula is C21H22N4O3. The Balaban J connectivity index is 1.24. The molecule has 2 heterocycles. The zero-order valence-corrected chi connectivity index (χ0v) is 15.6. The van der Waals surface area contributed by atoms with Gasteiger partial charge in [0.25, 0.3) is 0 Å². The van der Waals surface area contributed by atoms with Crippen LogP contribution in [0.4, 0.5) is 5.69 Å². The van der Waals surface area contributed by atoms with Gasteiger partial charge in [-0.1, -0.05) is 12.1 Å². The van der Waals surface area contributed by atoms with Crippen molar-refractivity contribution >= 4 is 11.6 Å². The number of carbonyl (C=O) groups excluding carboxylic acids is 1. The number of nitrogens with one attached hydrogen (secondary N) is 1. The van der Waals surface area contributed by atoms with E-state index in [1.165, 1.54) is 5.56 Å². The highest BCUT2D eigenvalue weighted by molar-refractivity contribution is 5.81. The van der Waals surface area contributed by atoms with Crippen molar-refractivity contribution in [3.8, 4) is 17.6 Å². The van der Waals surface area contributed by atoms with Crippen LogP contribution in [0.25, 0.3) is 0 Å². The van der Waals surface area contributed by atoms with Gasteiger partial charge in [-0.15, -0.1) is 0 Å². The third kappa shape index (κ3) is 4.18. The topological polar surface area (TPSA) is 77.8 Å². The van der Waals surface area contributed by atoms with Crippen molar-refractivity contribution in [1.82, 2.24) is 9.80 Å². The number of anilines is 1. The average Bonchev–Trinajstić information content (AvgIpc) is 3.20. The van der Waals surface area contributed by atoms with Crippen LogP contribution < -0.4 is 14.8 Å². The second-order valence-corrected chi connectivity index (χ2v) is 6.89.